The Bertz CT molecular complexity index is 1250. The van der Waals surface area contributed by atoms with Crippen LogP contribution in [0.5, 0.6) is 5.75 Å². The molecule has 1 aliphatic heterocycles. The number of hydrogen-bond acceptors (Lipinski definition) is 7. The number of nitrogens with one attached hydrogen (secondary N) is 2. The number of benzene rings is 2. The number of carbonyl (C=O) groups excluding carboxylic acids is 1. The van der Waals surface area contributed by atoms with Crippen molar-refractivity contribution >= 4 is 28.9 Å². The Labute approximate surface area is 183 Å². The van der Waals surface area contributed by atoms with Crippen molar-refractivity contribution in [2.75, 3.05) is 22.5 Å². The van der Waals surface area contributed by atoms with E-state index < -0.39 is 11.7 Å². The maximum Gasteiger partial charge on any atom is 0.302 e. The number of anilines is 3. The zero-order chi connectivity index (χ0) is 22.8. The first-order chi connectivity index (χ1) is 15.4. The van der Waals surface area contributed by atoms with E-state index in [0.29, 0.717) is 6.42 Å². The van der Waals surface area contributed by atoms with Crippen molar-refractivity contribution in [3.05, 3.63) is 71.3 Å². The lowest BCUT2D eigenvalue weighted by atomic mass is 9.97. The van der Waals surface area contributed by atoms with E-state index in [0.717, 1.165) is 23.4 Å². The van der Waals surface area contributed by atoms with E-state index in [2.05, 4.69) is 21.2 Å². The van der Waals surface area contributed by atoms with Gasteiger partial charge in [0, 0.05) is 29.9 Å². The van der Waals surface area contributed by atoms with Gasteiger partial charge in [-0.05, 0) is 36.1 Å². The minimum atomic E-state index is -0.693. The number of aromatic nitrogens is 2. The fourth-order valence-electron chi connectivity index (χ4n) is 3.77. The Morgan fingerprint density at radius 3 is 2.84 bits per heavy atom. The molecule has 5 N–H and O–H groups in total. The van der Waals surface area contributed by atoms with Gasteiger partial charge in [-0.15, -0.1) is 6.42 Å². The van der Waals surface area contributed by atoms with Crippen LogP contribution in [0.2, 0.25) is 0 Å². The second-order valence-electron chi connectivity index (χ2n) is 7.29. The Balaban J connectivity index is 1.69. The first kappa shape index (κ1) is 20.8. The molecule has 32 heavy (non-hydrogen) atoms. The summed E-state index contributed by atoms with van der Waals surface area (Å²) in [5, 5.41) is 21.5. The Kier molecular flexibility index (Phi) is 5.43. The van der Waals surface area contributed by atoms with Gasteiger partial charge in [0.1, 0.15) is 29.5 Å². The van der Waals surface area contributed by atoms with Gasteiger partial charge in [-0.1, -0.05) is 18.2 Å². The van der Waals surface area contributed by atoms with E-state index in [1.807, 2.05) is 24.3 Å². The molecule has 0 radical (unpaired) electrons. The van der Waals surface area contributed by atoms with Gasteiger partial charge in [0.15, 0.2) is 0 Å². The standard InChI is InChI=1S/C23H19FN6O2/c1-2-19(32)30-11-16(8-13-5-3-4-6-18(13)30)29-23-20(22(26)27-12-28-23)21(25)14-7-15(24)10-17(31)9-14/h1,3-7,9-10,12,16,25,31H,8,11H2,(H3,26,27,28,29). The monoisotopic (exact) mass is 430 g/mol. The first-order valence-corrected chi connectivity index (χ1v) is 9.69. The molecule has 0 bridgehead atoms. The molecule has 1 atom stereocenters. The smallest absolute Gasteiger partial charge is 0.302 e. The second kappa shape index (κ2) is 8.35. The third-order valence-electron chi connectivity index (χ3n) is 5.16. The molecule has 2 heterocycles. The normalized spacial score (nSPS) is 14.9. The lowest BCUT2D eigenvalue weighted by molar-refractivity contribution is -0.113. The van der Waals surface area contributed by atoms with Crippen molar-refractivity contribution in [3.8, 4) is 18.1 Å². The van der Waals surface area contributed by atoms with E-state index in [4.69, 9.17) is 17.6 Å². The van der Waals surface area contributed by atoms with Crippen molar-refractivity contribution in [1.82, 2.24) is 9.97 Å². The Hall–Kier alpha value is -4.45. The molecule has 4 rings (SSSR count). The van der Waals surface area contributed by atoms with Crippen LogP contribution in [-0.2, 0) is 11.2 Å². The number of hydrogen-bond donors (Lipinski definition) is 4. The number of para-hydroxylation sites is 1. The van der Waals surface area contributed by atoms with Crippen LogP contribution in [0.15, 0.2) is 48.8 Å². The van der Waals surface area contributed by atoms with Crippen LogP contribution >= 0.6 is 0 Å². The summed E-state index contributed by atoms with van der Waals surface area (Å²) in [5.74, 6) is 0.948. The van der Waals surface area contributed by atoms with Gasteiger partial charge < -0.3 is 16.2 Å². The molecule has 1 amide bonds. The van der Waals surface area contributed by atoms with Crippen LogP contribution in [0.1, 0.15) is 16.7 Å². The number of terminal acetylenes is 1. The molecule has 0 spiro atoms. The van der Waals surface area contributed by atoms with Gasteiger partial charge in [-0.2, -0.15) is 0 Å². The average molecular weight is 430 g/mol. The lowest BCUT2D eigenvalue weighted by Crippen LogP contribution is -2.45. The lowest BCUT2D eigenvalue weighted by Gasteiger charge is -2.34. The van der Waals surface area contributed by atoms with Crippen LogP contribution in [0.25, 0.3) is 0 Å². The molecule has 3 aromatic rings. The summed E-state index contributed by atoms with van der Waals surface area (Å²) in [5.41, 5.74) is 7.82. The number of nitrogen functional groups attached to an aromatic ring is 1. The van der Waals surface area contributed by atoms with Crippen molar-refractivity contribution in [2.45, 2.75) is 12.5 Å². The zero-order valence-electron chi connectivity index (χ0n) is 16.8. The largest absolute Gasteiger partial charge is 0.508 e. The first-order valence-electron chi connectivity index (χ1n) is 9.69. The predicted molar refractivity (Wildman–Crippen MR) is 119 cm³/mol. The highest BCUT2D eigenvalue weighted by molar-refractivity contribution is 6.16. The molecule has 8 nitrogen and oxygen atoms in total. The summed E-state index contributed by atoms with van der Waals surface area (Å²) >= 11 is 0. The van der Waals surface area contributed by atoms with Crippen molar-refractivity contribution in [1.29, 1.82) is 5.41 Å². The number of phenolic OH excluding ortho intramolecular Hbond substituents is 1. The molecule has 0 fully saturated rings. The highest BCUT2D eigenvalue weighted by Gasteiger charge is 2.29. The Morgan fingerprint density at radius 1 is 1.31 bits per heavy atom. The van der Waals surface area contributed by atoms with E-state index in [-0.39, 0.29) is 46.8 Å². The van der Waals surface area contributed by atoms with Gasteiger partial charge in [-0.3, -0.25) is 15.1 Å². The van der Waals surface area contributed by atoms with Gasteiger partial charge in [-0.25, -0.2) is 14.4 Å². The van der Waals surface area contributed by atoms with Crippen molar-refractivity contribution in [3.63, 3.8) is 0 Å². The summed E-state index contributed by atoms with van der Waals surface area (Å²) in [6.45, 7) is 0.275. The third-order valence-corrected chi connectivity index (χ3v) is 5.16. The van der Waals surface area contributed by atoms with E-state index in [9.17, 15) is 14.3 Å². The molecule has 0 aliphatic carbocycles. The molecule has 2 aromatic carbocycles. The average Bonchev–Trinajstić information content (AvgIpc) is 2.77. The molecular formula is C23H19FN6O2. The van der Waals surface area contributed by atoms with Crippen LogP contribution in [0.4, 0.5) is 21.7 Å². The highest BCUT2D eigenvalue weighted by Crippen LogP contribution is 2.30. The molecular weight excluding hydrogens is 411 g/mol. The van der Waals surface area contributed by atoms with Crippen LogP contribution in [0.3, 0.4) is 0 Å². The van der Waals surface area contributed by atoms with Crippen LogP contribution < -0.4 is 16.0 Å². The maximum atomic E-state index is 13.8. The maximum absolute atomic E-state index is 13.8. The second-order valence-corrected chi connectivity index (χ2v) is 7.29. The van der Waals surface area contributed by atoms with Gasteiger partial charge in [0.2, 0.25) is 0 Å². The molecule has 9 heteroatoms. The van der Waals surface area contributed by atoms with Crippen molar-refractivity contribution in [2.24, 2.45) is 0 Å². The number of amides is 1. The number of aromatic hydroxyl groups is 1. The summed E-state index contributed by atoms with van der Waals surface area (Å²) in [6.07, 6.45) is 7.17. The fourth-order valence-corrected chi connectivity index (χ4v) is 3.77. The highest BCUT2D eigenvalue weighted by atomic mass is 19.1. The van der Waals surface area contributed by atoms with Crippen LogP contribution in [-0.4, -0.2) is 39.3 Å². The summed E-state index contributed by atoms with van der Waals surface area (Å²) < 4.78 is 13.8. The van der Waals surface area contributed by atoms with E-state index >= 15 is 0 Å². The van der Waals surface area contributed by atoms with Gasteiger partial charge in [0.05, 0.1) is 11.3 Å². The molecule has 1 aliphatic rings. The SMILES string of the molecule is C#CC(=O)N1CC(Nc2ncnc(N)c2C(=N)c2cc(O)cc(F)c2)Cc2ccccc21. The number of halogens is 1. The number of rotatable bonds is 4. The molecule has 160 valence electrons. The number of nitrogens with two attached hydrogens (primary N) is 1. The Morgan fingerprint density at radius 2 is 2.09 bits per heavy atom. The quantitative estimate of drug-likeness (QED) is 0.372. The molecule has 1 aromatic heterocycles. The third kappa shape index (κ3) is 3.94. The molecule has 0 saturated carbocycles. The molecule has 0 saturated heterocycles. The number of nitrogens with zero attached hydrogens (tertiary/aromatic N) is 3. The summed E-state index contributed by atoms with van der Waals surface area (Å²) in [7, 11) is 0. The fraction of sp³-hybridized carbons (Fsp3) is 0.130. The van der Waals surface area contributed by atoms with Crippen molar-refractivity contribution < 1.29 is 14.3 Å². The van der Waals surface area contributed by atoms with Gasteiger partial charge in [0.25, 0.3) is 0 Å². The minimum absolute atomic E-state index is 0.0176. The van der Waals surface area contributed by atoms with E-state index in [1.54, 1.807) is 0 Å². The number of carbonyl (C=O) groups is 1. The number of phenols is 1. The minimum Gasteiger partial charge on any atom is -0.508 e. The topological polar surface area (TPSA) is 128 Å². The zero-order valence-corrected chi connectivity index (χ0v) is 16.8. The van der Waals surface area contributed by atoms with Crippen LogP contribution in [0, 0.1) is 23.6 Å². The summed E-state index contributed by atoms with van der Waals surface area (Å²) in [4.78, 5) is 22.0. The number of fused-ring (bicyclic) bond motifs is 1. The predicted octanol–water partition coefficient (Wildman–Crippen LogP) is 2.32. The van der Waals surface area contributed by atoms with E-state index in [1.165, 1.54) is 17.3 Å². The van der Waals surface area contributed by atoms with Gasteiger partial charge >= 0.3 is 5.91 Å². The summed E-state index contributed by atoms with van der Waals surface area (Å²) in [6, 6.07) is 10.5. The molecule has 1 unspecified atom stereocenters.